The zero-order valence-corrected chi connectivity index (χ0v) is 15.5. The third-order valence-corrected chi connectivity index (χ3v) is 4.34. The first kappa shape index (κ1) is 18.9. The van der Waals surface area contributed by atoms with Crippen LogP contribution in [0.4, 0.5) is 5.69 Å². The highest BCUT2D eigenvalue weighted by Gasteiger charge is 2.11. The van der Waals surface area contributed by atoms with Gasteiger partial charge in [0.05, 0.1) is 34.4 Å². The van der Waals surface area contributed by atoms with Crippen molar-refractivity contribution in [3.8, 4) is 5.75 Å². The summed E-state index contributed by atoms with van der Waals surface area (Å²) in [4.78, 5) is 14.0. The Kier molecular flexibility index (Phi) is 6.75. The van der Waals surface area contributed by atoms with Crippen LogP contribution in [0.25, 0.3) is 0 Å². The molecule has 0 aromatic heterocycles. The Morgan fingerprint density at radius 1 is 1.08 bits per heavy atom. The van der Waals surface area contributed by atoms with E-state index in [2.05, 4.69) is 5.32 Å². The second-order valence-electron chi connectivity index (χ2n) is 5.31. The maximum absolute atomic E-state index is 12.2. The molecule has 0 heterocycles. The number of halogens is 3. The Morgan fingerprint density at radius 2 is 1.71 bits per heavy atom. The van der Waals surface area contributed by atoms with Crippen molar-refractivity contribution in [2.45, 2.75) is 6.54 Å². The van der Waals surface area contributed by atoms with Crippen LogP contribution in [0, 0.1) is 0 Å². The van der Waals surface area contributed by atoms with Gasteiger partial charge in [-0.25, -0.2) is 0 Å². The van der Waals surface area contributed by atoms with E-state index in [1.807, 2.05) is 36.2 Å². The normalized spacial score (nSPS) is 10.8. The monoisotopic (exact) mass is 386 g/mol. The SMILES string of the molecule is COc1ccc(CN(C)CC(=O)Nc2cc(Cl)c(Cl)cc2Cl)cc1. The average Bonchev–Trinajstić information content (AvgIpc) is 2.53. The van der Waals surface area contributed by atoms with Gasteiger partial charge < -0.3 is 10.1 Å². The van der Waals surface area contributed by atoms with Crippen LogP contribution in [-0.4, -0.2) is 31.5 Å². The van der Waals surface area contributed by atoms with Gasteiger partial charge in [-0.3, -0.25) is 9.69 Å². The lowest BCUT2D eigenvalue weighted by atomic mass is 10.2. The van der Waals surface area contributed by atoms with Crippen LogP contribution in [-0.2, 0) is 11.3 Å². The van der Waals surface area contributed by atoms with E-state index in [1.165, 1.54) is 12.1 Å². The number of rotatable bonds is 6. The molecular weight excluding hydrogens is 371 g/mol. The van der Waals surface area contributed by atoms with E-state index in [1.54, 1.807) is 7.11 Å². The van der Waals surface area contributed by atoms with Gasteiger partial charge in [0, 0.05) is 6.54 Å². The molecule has 4 nitrogen and oxygen atoms in total. The van der Waals surface area contributed by atoms with Crippen LogP contribution in [0.5, 0.6) is 5.75 Å². The first-order valence-corrected chi connectivity index (χ1v) is 8.28. The molecule has 0 aliphatic carbocycles. The smallest absolute Gasteiger partial charge is 0.238 e. The molecule has 0 aliphatic heterocycles. The van der Waals surface area contributed by atoms with Gasteiger partial charge in [0.2, 0.25) is 5.91 Å². The number of carbonyl (C=O) groups excluding carboxylic acids is 1. The van der Waals surface area contributed by atoms with E-state index in [0.717, 1.165) is 11.3 Å². The number of ether oxygens (including phenoxy) is 1. The van der Waals surface area contributed by atoms with Crippen molar-refractivity contribution in [3.05, 3.63) is 57.0 Å². The van der Waals surface area contributed by atoms with E-state index in [9.17, 15) is 4.79 Å². The van der Waals surface area contributed by atoms with Crippen LogP contribution in [0.2, 0.25) is 15.1 Å². The predicted octanol–water partition coefficient (Wildman–Crippen LogP) is 4.73. The fourth-order valence-electron chi connectivity index (χ4n) is 2.15. The molecular formula is C17H17Cl3N2O2. The number of carbonyl (C=O) groups is 1. The van der Waals surface area contributed by atoms with E-state index in [0.29, 0.717) is 27.3 Å². The van der Waals surface area contributed by atoms with Gasteiger partial charge in [0.15, 0.2) is 0 Å². The lowest BCUT2D eigenvalue weighted by Gasteiger charge is -2.17. The zero-order valence-electron chi connectivity index (χ0n) is 13.3. The van der Waals surface area contributed by atoms with E-state index >= 15 is 0 Å². The highest BCUT2D eigenvalue weighted by molar-refractivity contribution is 6.44. The largest absolute Gasteiger partial charge is 0.497 e. The molecule has 0 spiro atoms. The number of methoxy groups -OCH3 is 1. The summed E-state index contributed by atoms with van der Waals surface area (Å²) >= 11 is 17.9. The van der Waals surface area contributed by atoms with Crippen molar-refractivity contribution in [3.63, 3.8) is 0 Å². The minimum Gasteiger partial charge on any atom is -0.497 e. The molecule has 0 atom stereocenters. The molecule has 0 unspecified atom stereocenters. The van der Waals surface area contributed by atoms with Crippen molar-refractivity contribution in [2.24, 2.45) is 0 Å². The van der Waals surface area contributed by atoms with Crippen molar-refractivity contribution < 1.29 is 9.53 Å². The molecule has 1 amide bonds. The summed E-state index contributed by atoms with van der Waals surface area (Å²) in [7, 11) is 3.49. The van der Waals surface area contributed by atoms with Crippen molar-refractivity contribution in [1.82, 2.24) is 4.90 Å². The lowest BCUT2D eigenvalue weighted by Crippen LogP contribution is -2.29. The molecule has 1 N–H and O–H groups in total. The minimum atomic E-state index is -0.189. The lowest BCUT2D eigenvalue weighted by molar-refractivity contribution is -0.117. The van der Waals surface area contributed by atoms with Gasteiger partial charge in [-0.15, -0.1) is 0 Å². The summed E-state index contributed by atoms with van der Waals surface area (Å²) in [5.74, 6) is 0.611. The summed E-state index contributed by atoms with van der Waals surface area (Å²) in [5.41, 5.74) is 1.52. The highest BCUT2D eigenvalue weighted by Crippen LogP contribution is 2.32. The maximum atomic E-state index is 12.2. The molecule has 128 valence electrons. The van der Waals surface area contributed by atoms with Crippen molar-refractivity contribution in [1.29, 1.82) is 0 Å². The number of anilines is 1. The van der Waals surface area contributed by atoms with Crippen LogP contribution in [0.1, 0.15) is 5.56 Å². The average molecular weight is 388 g/mol. The second-order valence-corrected chi connectivity index (χ2v) is 6.54. The summed E-state index contributed by atoms with van der Waals surface area (Å²) in [6.07, 6.45) is 0. The van der Waals surface area contributed by atoms with Crippen molar-refractivity contribution >= 4 is 46.4 Å². The van der Waals surface area contributed by atoms with Crippen LogP contribution in [0.15, 0.2) is 36.4 Å². The fourth-order valence-corrected chi connectivity index (χ4v) is 2.75. The maximum Gasteiger partial charge on any atom is 0.238 e. The molecule has 0 bridgehead atoms. The molecule has 2 aromatic rings. The standard InChI is InChI=1S/C17H17Cl3N2O2/c1-22(9-11-3-5-12(24-2)6-4-11)10-17(23)21-16-8-14(19)13(18)7-15(16)20/h3-8H,9-10H2,1-2H3,(H,21,23). The van der Waals surface area contributed by atoms with Gasteiger partial charge in [-0.2, -0.15) is 0 Å². The number of hydrogen-bond acceptors (Lipinski definition) is 3. The van der Waals surface area contributed by atoms with Crippen LogP contribution < -0.4 is 10.1 Å². The Morgan fingerprint density at radius 3 is 2.33 bits per heavy atom. The van der Waals surface area contributed by atoms with Crippen LogP contribution >= 0.6 is 34.8 Å². The molecule has 0 saturated heterocycles. The van der Waals surface area contributed by atoms with Gasteiger partial charge in [0.25, 0.3) is 0 Å². The zero-order chi connectivity index (χ0) is 17.7. The quantitative estimate of drug-likeness (QED) is 0.729. The molecule has 2 aromatic carbocycles. The topological polar surface area (TPSA) is 41.6 Å². The minimum absolute atomic E-state index is 0.189. The molecule has 0 fully saturated rings. The number of hydrogen-bond donors (Lipinski definition) is 1. The summed E-state index contributed by atoms with van der Waals surface area (Å²) in [6, 6.07) is 10.7. The molecule has 0 radical (unpaired) electrons. The first-order chi connectivity index (χ1) is 11.4. The highest BCUT2D eigenvalue weighted by atomic mass is 35.5. The van der Waals surface area contributed by atoms with Crippen LogP contribution in [0.3, 0.4) is 0 Å². The molecule has 0 saturated carbocycles. The second kappa shape index (κ2) is 8.58. The van der Waals surface area contributed by atoms with Gasteiger partial charge >= 0.3 is 0 Å². The van der Waals surface area contributed by atoms with Gasteiger partial charge in [-0.05, 0) is 36.9 Å². The third kappa shape index (κ3) is 5.28. The number of amides is 1. The van der Waals surface area contributed by atoms with E-state index < -0.39 is 0 Å². The number of nitrogens with zero attached hydrogens (tertiary/aromatic N) is 1. The number of nitrogens with one attached hydrogen (secondary N) is 1. The molecule has 24 heavy (non-hydrogen) atoms. The number of benzene rings is 2. The molecule has 2 rings (SSSR count). The van der Waals surface area contributed by atoms with Gasteiger partial charge in [0.1, 0.15) is 5.75 Å². The van der Waals surface area contributed by atoms with Gasteiger partial charge in [-0.1, -0.05) is 46.9 Å². The number of likely N-dealkylation sites (N-methyl/N-ethyl adjacent to an activating group) is 1. The summed E-state index contributed by atoms with van der Waals surface area (Å²) < 4.78 is 5.12. The summed E-state index contributed by atoms with van der Waals surface area (Å²) in [6.45, 7) is 0.842. The summed E-state index contributed by atoms with van der Waals surface area (Å²) in [5, 5.41) is 3.76. The van der Waals surface area contributed by atoms with E-state index in [-0.39, 0.29) is 12.5 Å². The van der Waals surface area contributed by atoms with Crippen molar-refractivity contribution in [2.75, 3.05) is 26.0 Å². The molecule has 0 aliphatic rings. The Bertz CT molecular complexity index is 721. The fraction of sp³-hybridized carbons (Fsp3) is 0.235. The third-order valence-electron chi connectivity index (χ3n) is 3.31. The Balaban J connectivity index is 1.92. The Hall–Kier alpha value is -1.46. The first-order valence-electron chi connectivity index (χ1n) is 7.15. The molecule has 7 heteroatoms. The van der Waals surface area contributed by atoms with E-state index in [4.69, 9.17) is 39.5 Å². The predicted molar refractivity (Wildman–Crippen MR) is 99.4 cm³/mol. The Labute approximate surface area is 156 Å².